The molecular formula is C26H30N2O5. The first-order chi connectivity index (χ1) is 16.0. The molecule has 2 aliphatic carbocycles. The van der Waals surface area contributed by atoms with Gasteiger partial charge in [-0.3, -0.25) is 4.79 Å². The monoisotopic (exact) mass is 450 g/mol. The third-order valence-electron chi connectivity index (χ3n) is 6.73. The van der Waals surface area contributed by atoms with Crippen LogP contribution in [0.1, 0.15) is 56.1 Å². The highest BCUT2D eigenvalue weighted by atomic mass is 16.5. The molecule has 0 aromatic heterocycles. The molecule has 0 aliphatic heterocycles. The van der Waals surface area contributed by atoms with Crippen LogP contribution < -0.4 is 10.6 Å². The second-order valence-electron chi connectivity index (χ2n) is 8.84. The lowest BCUT2D eigenvalue weighted by Crippen LogP contribution is -2.47. The van der Waals surface area contributed by atoms with E-state index in [1.54, 1.807) is 6.92 Å². The summed E-state index contributed by atoms with van der Waals surface area (Å²) in [6.07, 6.45) is 2.56. The Morgan fingerprint density at radius 3 is 2.27 bits per heavy atom. The minimum Gasteiger partial charge on any atom is -0.480 e. The van der Waals surface area contributed by atoms with Crippen molar-refractivity contribution < 1.29 is 24.2 Å². The molecule has 7 nitrogen and oxygen atoms in total. The third-order valence-corrected chi connectivity index (χ3v) is 6.73. The summed E-state index contributed by atoms with van der Waals surface area (Å²) in [5, 5.41) is 14.7. The van der Waals surface area contributed by atoms with Gasteiger partial charge >= 0.3 is 12.1 Å². The molecular weight excluding hydrogens is 420 g/mol. The fourth-order valence-electron chi connectivity index (χ4n) is 4.99. The molecule has 0 spiro atoms. The van der Waals surface area contributed by atoms with Gasteiger partial charge < -0.3 is 20.5 Å². The van der Waals surface area contributed by atoms with E-state index in [1.165, 1.54) is 11.1 Å². The number of carbonyl (C=O) groups is 3. The van der Waals surface area contributed by atoms with E-state index in [2.05, 4.69) is 34.9 Å². The van der Waals surface area contributed by atoms with Gasteiger partial charge in [0.05, 0.1) is 0 Å². The van der Waals surface area contributed by atoms with Crippen LogP contribution in [0, 0.1) is 5.92 Å². The first-order valence-corrected chi connectivity index (χ1v) is 11.6. The van der Waals surface area contributed by atoms with E-state index in [0.717, 1.165) is 24.0 Å². The van der Waals surface area contributed by atoms with Gasteiger partial charge in [-0.2, -0.15) is 0 Å². The maximum Gasteiger partial charge on any atom is 0.407 e. The van der Waals surface area contributed by atoms with Crippen LogP contribution in [-0.2, 0) is 14.3 Å². The predicted octanol–water partition coefficient (Wildman–Crippen LogP) is 4.06. The molecule has 0 heterocycles. The van der Waals surface area contributed by atoms with Crippen LogP contribution in [0.2, 0.25) is 0 Å². The zero-order valence-electron chi connectivity index (χ0n) is 18.8. The molecule has 2 aromatic rings. The standard InChI is InChI=1S/C26H30N2O5/c1-2-23(25(30)31)28-24(29)16-8-7-9-17(14-16)27-26(32)33-15-22-20-12-5-3-10-18(20)19-11-4-6-13-21(19)22/h3-6,10-13,16-17,22-23H,2,7-9,14-15H2,1H3,(H,27,32)(H,28,29)(H,30,31)/t16?,17?,23-/m1/s1. The molecule has 33 heavy (non-hydrogen) atoms. The SMILES string of the molecule is CC[C@@H](NC(=O)C1CCCC(NC(=O)OCC2c3ccccc3-c3ccccc32)C1)C(=O)O. The summed E-state index contributed by atoms with van der Waals surface area (Å²) in [5.74, 6) is -1.61. The Balaban J connectivity index is 1.32. The van der Waals surface area contributed by atoms with Crippen molar-refractivity contribution in [1.29, 1.82) is 0 Å². The van der Waals surface area contributed by atoms with E-state index < -0.39 is 18.1 Å². The highest BCUT2D eigenvalue weighted by molar-refractivity contribution is 5.85. The highest BCUT2D eigenvalue weighted by Crippen LogP contribution is 2.44. The van der Waals surface area contributed by atoms with E-state index in [1.807, 2.05) is 24.3 Å². The van der Waals surface area contributed by atoms with Crippen LogP contribution in [0.4, 0.5) is 4.79 Å². The van der Waals surface area contributed by atoms with E-state index in [-0.39, 0.29) is 30.4 Å². The molecule has 1 fully saturated rings. The number of ether oxygens (including phenoxy) is 1. The number of hydrogen-bond acceptors (Lipinski definition) is 4. The summed E-state index contributed by atoms with van der Waals surface area (Å²) < 4.78 is 5.62. The second-order valence-corrected chi connectivity index (χ2v) is 8.84. The fourth-order valence-corrected chi connectivity index (χ4v) is 4.99. The maximum atomic E-state index is 12.6. The number of alkyl carbamates (subject to hydrolysis) is 1. The number of carboxylic acids is 1. The lowest BCUT2D eigenvalue weighted by molar-refractivity contribution is -0.142. The number of nitrogens with one attached hydrogen (secondary N) is 2. The number of carboxylic acid groups (broad SMARTS) is 1. The number of amides is 2. The smallest absolute Gasteiger partial charge is 0.407 e. The Kier molecular flexibility index (Phi) is 6.96. The van der Waals surface area contributed by atoms with Gasteiger partial charge in [0, 0.05) is 17.9 Å². The van der Waals surface area contributed by atoms with Gasteiger partial charge in [0.1, 0.15) is 12.6 Å². The van der Waals surface area contributed by atoms with Crippen molar-refractivity contribution in [1.82, 2.24) is 10.6 Å². The minimum absolute atomic E-state index is 0.00460. The van der Waals surface area contributed by atoms with E-state index in [0.29, 0.717) is 19.3 Å². The van der Waals surface area contributed by atoms with Crippen LogP contribution in [-0.4, -0.2) is 41.8 Å². The number of rotatable bonds is 7. The van der Waals surface area contributed by atoms with Gasteiger partial charge in [-0.05, 0) is 47.9 Å². The predicted molar refractivity (Wildman–Crippen MR) is 124 cm³/mol. The molecule has 2 amide bonds. The summed E-state index contributed by atoms with van der Waals surface area (Å²) in [4.78, 5) is 36.3. The molecule has 7 heteroatoms. The molecule has 2 unspecified atom stereocenters. The van der Waals surface area contributed by atoms with Gasteiger partial charge in [0.15, 0.2) is 0 Å². The number of fused-ring (bicyclic) bond motifs is 3. The normalized spacial score (nSPS) is 20.3. The summed E-state index contributed by atoms with van der Waals surface area (Å²) in [5.41, 5.74) is 4.67. The molecule has 1 saturated carbocycles. The quantitative estimate of drug-likeness (QED) is 0.590. The van der Waals surface area contributed by atoms with Crippen molar-refractivity contribution in [3.8, 4) is 11.1 Å². The van der Waals surface area contributed by atoms with E-state index in [9.17, 15) is 19.5 Å². The van der Waals surface area contributed by atoms with Crippen molar-refractivity contribution >= 4 is 18.0 Å². The van der Waals surface area contributed by atoms with Crippen LogP contribution in [0.25, 0.3) is 11.1 Å². The molecule has 4 rings (SSSR count). The van der Waals surface area contributed by atoms with Gasteiger partial charge in [-0.15, -0.1) is 0 Å². The van der Waals surface area contributed by atoms with Crippen LogP contribution in [0.5, 0.6) is 0 Å². The van der Waals surface area contributed by atoms with Crippen molar-refractivity contribution in [2.45, 2.75) is 57.0 Å². The molecule has 174 valence electrons. The first-order valence-electron chi connectivity index (χ1n) is 11.6. The van der Waals surface area contributed by atoms with E-state index in [4.69, 9.17) is 4.74 Å². The molecule has 0 radical (unpaired) electrons. The average molecular weight is 451 g/mol. The molecule has 0 saturated heterocycles. The number of hydrogen-bond donors (Lipinski definition) is 3. The largest absolute Gasteiger partial charge is 0.480 e. The molecule has 0 bridgehead atoms. The number of benzene rings is 2. The van der Waals surface area contributed by atoms with Crippen LogP contribution >= 0.6 is 0 Å². The third kappa shape index (κ3) is 5.02. The van der Waals surface area contributed by atoms with Crippen molar-refractivity contribution in [2.24, 2.45) is 5.92 Å². The Bertz CT molecular complexity index is 991. The second kappa shape index (κ2) is 10.1. The van der Waals surface area contributed by atoms with Crippen molar-refractivity contribution in [2.75, 3.05) is 6.61 Å². The highest BCUT2D eigenvalue weighted by Gasteiger charge is 2.32. The maximum absolute atomic E-state index is 12.6. The average Bonchev–Trinajstić information content (AvgIpc) is 3.14. The fraction of sp³-hybridized carbons (Fsp3) is 0.423. The first kappa shape index (κ1) is 22.8. The lowest BCUT2D eigenvalue weighted by Gasteiger charge is -2.29. The van der Waals surface area contributed by atoms with Gasteiger partial charge in [0.25, 0.3) is 0 Å². The Morgan fingerprint density at radius 1 is 1.03 bits per heavy atom. The minimum atomic E-state index is -1.03. The van der Waals surface area contributed by atoms with Crippen LogP contribution in [0.3, 0.4) is 0 Å². The van der Waals surface area contributed by atoms with Crippen LogP contribution in [0.15, 0.2) is 48.5 Å². The Labute approximate surface area is 193 Å². The molecule has 2 aromatic carbocycles. The summed E-state index contributed by atoms with van der Waals surface area (Å²) >= 11 is 0. The van der Waals surface area contributed by atoms with Gasteiger partial charge in [-0.25, -0.2) is 9.59 Å². The summed E-state index contributed by atoms with van der Waals surface area (Å²) in [7, 11) is 0. The lowest BCUT2D eigenvalue weighted by atomic mass is 9.85. The topological polar surface area (TPSA) is 105 Å². The molecule has 3 N–H and O–H groups in total. The zero-order valence-corrected chi connectivity index (χ0v) is 18.8. The Morgan fingerprint density at radius 2 is 1.67 bits per heavy atom. The molecule has 3 atom stereocenters. The Hall–Kier alpha value is -3.35. The molecule has 2 aliphatic rings. The summed E-state index contributed by atoms with van der Waals surface area (Å²) in [6, 6.07) is 15.3. The zero-order chi connectivity index (χ0) is 23.4. The van der Waals surface area contributed by atoms with Gasteiger partial charge in [0.2, 0.25) is 5.91 Å². The number of carbonyl (C=O) groups excluding carboxylic acids is 2. The summed E-state index contributed by atoms with van der Waals surface area (Å²) in [6.45, 7) is 1.97. The van der Waals surface area contributed by atoms with Crippen molar-refractivity contribution in [3.63, 3.8) is 0 Å². The van der Waals surface area contributed by atoms with Crippen molar-refractivity contribution in [3.05, 3.63) is 59.7 Å². The number of aliphatic carboxylic acids is 1. The van der Waals surface area contributed by atoms with Gasteiger partial charge in [-0.1, -0.05) is 61.9 Å². The van der Waals surface area contributed by atoms with E-state index >= 15 is 0 Å².